The van der Waals surface area contributed by atoms with Gasteiger partial charge in [0, 0.05) is 25.2 Å². The van der Waals surface area contributed by atoms with Gasteiger partial charge in [0.1, 0.15) is 0 Å². The zero-order valence-corrected chi connectivity index (χ0v) is 15.1. The maximum atomic E-state index is 12.0. The Balaban J connectivity index is 1.79. The van der Waals surface area contributed by atoms with Crippen molar-refractivity contribution in [2.45, 2.75) is 32.2 Å². The van der Waals surface area contributed by atoms with Crippen molar-refractivity contribution in [3.63, 3.8) is 0 Å². The number of rotatable bonds is 7. The first-order valence-electron chi connectivity index (χ1n) is 8.48. The number of carbonyl (C=O) groups excluding carboxylic acids is 1. The van der Waals surface area contributed by atoms with E-state index >= 15 is 0 Å². The molecule has 1 aliphatic heterocycles. The Kier molecular flexibility index (Phi) is 7.20. The lowest BCUT2D eigenvalue weighted by molar-refractivity contribution is 0.0954. The third-order valence-electron chi connectivity index (χ3n) is 4.10. The molecular weight excluding hydrogens is 326 g/mol. The molecule has 2 N–H and O–H groups in total. The summed E-state index contributed by atoms with van der Waals surface area (Å²) in [5.41, 5.74) is 1.81. The summed E-state index contributed by atoms with van der Waals surface area (Å²) in [5, 5.41) is 2.70. The molecule has 0 aliphatic carbocycles. The van der Waals surface area contributed by atoms with Crippen LogP contribution in [0.1, 0.15) is 41.6 Å². The van der Waals surface area contributed by atoms with Crippen molar-refractivity contribution in [2.75, 3.05) is 32.4 Å². The van der Waals surface area contributed by atoms with Crippen molar-refractivity contribution < 1.29 is 13.2 Å². The van der Waals surface area contributed by atoms with E-state index in [1.54, 1.807) is 0 Å². The third-order valence-corrected chi connectivity index (χ3v) is 4.82. The Bertz CT molecular complexity index is 621. The molecule has 1 aromatic carbocycles. The normalized spacial score (nSPS) is 16.5. The number of hydrogen-bond donors (Lipinski definition) is 2. The van der Waals surface area contributed by atoms with Crippen LogP contribution in [0.4, 0.5) is 0 Å². The standard InChI is InChI=1S/C17H27N3O3S/c1-24(22,23)19-11-10-18-17(21)16-8-6-15(7-9-16)14-20-12-4-2-3-5-13-20/h6-9,19H,2-5,10-14H2,1H3,(H,18,21). The molecule has 0 bridgehead atoms. The minimum atomic E-state index is -3.22. The Labute approximate surface area is 144 Å². The van der Waals surface area contributed by atoms with Crippen LogP contribution in [-0.4, -0.2) is 51.7 Å². The summed E-state index contributed by atoms with van der Waals surface area (Å²) in [6, 6.07) is 7.64. The molecule has 1 aliphatic rings. The van der Waals surface area contributed by atoms with Crippen LogP contribution in [0.5, 0.6) is 0 Å². The van der Waals surface area contributed by atoms with Crippen LogP contribution in [0.2, 0.25) is 0 Å². The second-order valence-corrected chi connectivity index (χ2v) is 8.14. The molecule has 1 heterocycles. The summed E-state index contributed by atoms with van der Waals surface area (Å²) >= 11 is 0. The molecule has 0 saturated carbocycles. The first-order chi connectivity index (χ1) is 11.4. The van der Waals surface area contributed by atoms with Crippen molar-refractivity contribution in [3.05, 3.63) is 35.4 Å². The molecule has 1 aromatic rings. The molecule has 0 spiro atoms. The van der Waals surface area contributed by atoms with E-state index in [2.05, 4.69) is 14.9 Å². The monoisotopic (exact) mass is 353 g/mol. The van der Waals surface area contributed by atoms with Gasteiger partial charge in [-0.1, -0.05) is 25.0 Å². The number of carbonyl (C=O) groups is 1. The molecule has 2 rings (SSSR count). The van der Waals surface area contributed by atoms with E-state index in [1.807, 2.05) is 24.3 Å². The van der Waals surface area contributed by atoms with Crippen molar-refractivity contribution in [1.82, 2.24) is 14.9 Å². The number of nitrogens with zero attached hydrogens (tertiary/aromatic N) is 1. The van der Waals surface area contributed by atoms with E-state index in [0.717, 1.165) is 25.9 Å². The molecule has 0 aromatic heterocycles. The van der Waals surface area contributed by atoms with Gasteiger partial charge in [0.15, 0.2) is 0 Å². The van der Waals surface area contributed by atoms with Crippen molar-refractivity contribution in [1.29, 1.82) is 0 Å². The molecular formula is C17H27N3O3S. The summed E-state index contributed by atoms with van der Waals surface area (Å²) in [4.78, 5) is 14.5. The highest BCUT2D eigenvalue weighted by Gasteiger charge is 2.10. The highest BCUT2D eigenvalue weighted by Crippen LogP contribution is 2.13. The molecule has 24 heavy (non-hydrogen) atoms. The predicted octanol–water partition coefficient (Wildman–Crippen LogP) is 1.34. The number of likely N-dealkylation sites (tertiary alicyclic amines) is 1. The molecule has 134 valence electrons. The average Bonchev–Trinajstić information content (AvgIpc) is 2.80. The van der Waals surface area contributed by atoms with Gasteiger partial charge in [0.2, 0.25) is 10.0 Å². The fraction of sp³-hybridized carbons (Fsp3) is 0.588. The minimum absolute atomic E-state index is 0.188. The molecule has 0 unspecified atom stereocenters. The summed E-state index contributed by atoms with van der Waals surface area (Å²) in [6.45, 7) is 3.68. The summed E-state index contributed by atoms with van der Waals surface area (Å²) < 4.78 is 24.2. The van der Waals surface area contributed by atoms with Crippen molar-refractivity contribution in [3.8, 4) is 0 Å². The average molecular weight is 353 g/mol. The predicted molar refractivity (Wildman–Crippen MR) is 95.4 cm³/mol. The van der Waals surface area contributed by atoms with Gasteiger partial charge in [0.05, 0.1) is 6.26 Å². The topological polar surface area (TPSA) is 78.5 Å². The van der Waals surface area contributed by atoms with Crippen LogP contribution in [0.25, 0.3) is 0 Å². The van der Waals surface area contributed by atoms with Crippen LogP contribution in [0, 0.1) is 0 Å². The maximum Gasteiger partial charge on any atom is 0.251 e. The van der Waals surface area contributed by atoms with E-state index in [1.165, 1.54) is 31.2 Å². The van der Waals surface area contributed by atoms with Gasteiger partial charge in [-0.3, -0.25) is 9.69 Å². The lowest BCUT2D eigenvalue weighted by Gasteiger charge is -2.19. The molecule has 1 fully saturated rings. The van der Waals surface area contributed by atoms with Gasteiger partial charge in [-0.2, -0.15) is 0 Å². The molecule has 0 radical (unpaired) electrons. The van der Waals surface area contributed by atoms with Crippen LogP contribution in [0.3, 0.4) is 0 Å². The number of benzene rings is 1. The molecule has 6 nitrogen and oxygen atoms in total. The lowest BCUT2D eigenvalue weighted by Crippen LogP contribution is -2.34. The second-order valence-electron chi connectivity index (χ2n) is 6.31. The van der Waals surface area contributed by atoms with E-state index in [-0.39, 0.29) is 19.0 Å². The van der Waals surface area contributed by atoms with Crippen LogP contribution < -0.4 is 10.0 Å². The second kappa shape index (κ2) is 9.15. The number of nitrogens with one attached hydrogen (secondary N) is 2. The van der Waals surface area contributed by atoms with E-state index < -0.39 is 10.0 Å². The Morgan fingerprint density at radius 3 is 2.25 bits per heavy atom. The lowest BCUT2D eigenvalue weighted by atomic mass is 10.1. The zero-order valence-electron chi connectivity index (χ0n) is 14.3. The third kappa shape index (κ3) is 6.98. The number of hydrogen-bond acceptors (Lipinski definition) is 4. The smallest absolute Gasteiger partial charge is 0.251 e. The Morgan fingerprint density at radius 1 is 1.04 bits per heavy atom. The van der Waals surface area contributed by atoms with Crippen LogP contribution >= 0.6 is 0 Å². The van der Waals surface area contributed by atoms with Crippen LogP contribution in [-0.2, 0) is 16.6 Å². The van der Waals surface area contributed by atoms with E-state index in [0.29, 0.717) is 5.56 Å². The number of amides is 1. The van der Waals surface area contributed by atoms with Gasteiger partial charge in [-0.25, -0.2) is 13.1 Å². The van der Waals surface area contributed by atoms with Crippen molar-refractivity contribution in [2.24, 2.45) is 0 Å². The van der Waals surface area contributed by atoms with Gasteiger partial charge in [-0.05, 0) is 43.6 Å². The summed E-state index contributed by atoms with van der Waals surface area (Å²) in [7, 11) is -3.22. The SMILES string of the molecule is CS(=O)(=O)NCCNC(=O)c1ccc(CN2CCCCCC2)cc1. The highest BCUT2D eigenvalue weighted by atomic mass is 32.2. The van der Waals surface area contributed by atoms with Crippen LogP contribution in [0.15, 0.2) is 24.3 Å². The quantitative estimate of drug-likeness (QED) is 0.725. The van der Waals surface area contributed by atoms with Gasteiger partial charge in [0.25, 0.3) is 5.91 Å². The van der Waals surface area contributed by atoms with Gasteiger partial charge in [-0.15, -0.1) is 0 Å². The molecule has 1 saturated heterocycles. The highest BCUT2D eigenvalue weighted by molar-refractivity contribution is 7.88. The largest absolute Gasteiger partial charge is 0.351 e. The number of sulfonamides is 1. The van der Waals surface area contributed by atoms with Gasteiger partial charge >= 0.3 is 0 Å². The first-order valence-corrected chi connectivity index (χ1v) is 10.4. The molecule has 1 amide bonds. The molecule has 7 heteroatoms. The summed E-state index contributed by atoms with van der Waals surface area (Å²) in [6.07, 6.45) is 6.27. The van der Waals surface area contributed by atoms with Gasteiger partial charge < -0.3 is 5.32 Å². The first kappa shape index (κ1) is 18.9. The van der Waals surface area contributed by atoms with E-state index in [4.69, 9.17) is 0 Å². The Morgan fingerprint density at radius 2 is 1.67 bits per heavy atom. The zero-order chi connectivity index (χ0) is 17.4. The van der Waals surface area contributed by atoms with Crippen molar-refractivity contribution >= 4 is 15.9 Å². The Hall–Kier alpha value is -1.44. The maximum absolute atomic E-state index is 12.0. The summed E-state index contributed by atoms with van der Waals surface area (Å²) in [5.74, 6) is -0.188. The molecule has 0 atom stereocenters. The van der Waals surface area contributed by atoms with E-state index in [9.17, 15) is 13.2 Å². The minimum Gasteiger partial charge on any atom is -0.351 e. The fourth-order valence-electron chi connectivity index (χ4n) is 2.83. The fourth-order valence-corrected chi connectivity index (χ4v) is 3.30.